The van der Waals surface area contributed by atoms with E-state index in [0.717, 1.165) is 4.78 Å². The fraction of sp³-hybridized carbons (Fsp3) is 0.667. The fourth-order valence-electron chi connectivity index (χ4n) is 1.34. The Labute approximate surface area is 114 Å². The summed E-state index contributed by atoms with van der Waals surface area (Å²) >= 11 is 1.48. The smallest absolute Gasteiger partial charge is 0.416 e. The minimum Gasteiger partial charge on any atom is -0.443 e. The predicted octanol–water partition coefficient (Wildman–Crippen LogP) is 2.67. The van der Waals surface area contributed by atoms with E-state index >= 15 is 0 Å². The van der Waals surface area contributed by atoms with Crippen LogP contribution in [0.4, 0.5) is 9.93 Å². The maximum Gasteiger partial charge on any atom is 0.416 e. The van der Waals surface area contributed by atoms with Gasteiger partial charge in [-0.3, -0.25) is 4.90 Å². The third-order valence-corrected chi connectivity index (χ3v) is 3.17. The van der Waals surface area contributed by atoms with E-state index in [1.807, 2.05) is 48.7 Å². The molecule has 18 heavy (non-hydrogen) atoms. The minimum absolute atomic E-state index is 0.00991. The van der Waals surface area contributed by atoms with Crippen molar-refractivity contribution in [2.24, 2.45) is 0 Å². The molecule has 6 heteroatoms. The van der Waals surface area contributed by atoms with Gasteiger partial charge in [-0.05, 0) is 39.4 Å². The predicted molar refractivity (Wildman–Crippen MR) is 77.2 cm³/mol. The van der Waals surface area contributed by atoms with Gasteiger partial charge < -0.3 is 4.74 Å². The molecule has 0 saturated heterocycles. The van der Waals surface area contributed by atoms with Gasteiger partial charge >= 0.3 is 6.09 Å². The van der Waals surface area contributed by atoms with Crippen molar-refractivity contribution in [2.75, 3.05) is 4.90 Å². The van der Waals surface area contributed by atoms with Crippen molar-refractivity contribution >= 4 is 34.6 Å². The first kappa shape index (κ1) is 15.0. The largest absolute Gasteiger partial charge is 0.443 e. The second kappa shape index (κ2) is 5.74. The number of thiazole rings is 1. The molecule has 0 aromatic carbocycles. The fourth-order valence-corrected chi connectivity index (χ4v) is 2.27. The molecule has 1 amide bonds. The van der Waals surface area contributed by atoms with Crippen LogP contribution in [0.2, 0.25) is 6.82 Å². The Morgan fingerprint density at radius 3 is 2.50 bits per heavy atom. The number of rotatable bonds is 3. The zero-order valence-corrected chi connectivity index (χ0v) is 12.7. The Bertz CT molecular complexity index is 412. The van der Waals surface area contributed by atoms with E-state index in [2.05, 4.69) is 4.98 Å². The molecule has 0 aliphatic carbocycles. The number of carbonyl (C=O) groups is 1. The molecule has 1 heterocycles. The van der Waals surface area contributed by atoms with E-state index in [1.54, 1.807) is 11.1 Å². The summed E-state index contributed by atoms with van der Waals surface area (Å²) in [6.45, 7) is 11.4. The lowest BCUT2D eigenvalue weighted by atomic mass is 9.81. The molecule has 0 aliphatic rings. The molecular weight excluding hydrogens is 247 g/mol. The molecule has 1 rings (SSSR count). The highest BCUT2D eigenvalue weighted by Gasteiger charge is 2.27. The zero-order chi connectivity index (χ0) is 13.9. The molecule has 1 radical (unpaired) electrons. The first-order chi connectivity index (χ1) is 8.24. The van der Waals surface area contributed by atoms with Crippen LogP contribution in [0.25, 0.3) is 0 Å². The first-order valence-corrected chi connectivity index (χ1v) is 6.83. The number of aromatic nitrogens is 1. The summed E-state index contributed by atoms with van der Waals surface area (Å²) in [4.78, 5) is 18.0. The Kier molecular flexibility index (Phi) is 4.79. The quantitative estimate of drug-likeness (QED) is 0.791. The van der Waals surface area contributed by atoms with Crippen LogP contribution in [-0.4, -0.2) is 30.0 Å². The Morgan fingerprint density at radius 1 is 1.50 bits per heavy atom. The molecule has 0 aliphatic heterocycles. The molecule has 1 aromatic heterocycles. The number of hydrogen-bond donors (Lipinski definition) is 0. The molecule has 0 spiro atoms. The van der Waals surface area contributed by atoms with Gasteiger partial charge in [-0.1, -0.05) is 6.82 Å². The molecule has 1 aromatic rings. The highest BCUT2D eigenvalue weighted by atomic mass is 32.1. The van der Waals surface area contributed by atoms with E-state index in [4.69, 9.17) is 4.74 Å². The third-order valence-electron chi connectivity index (χ3n) is 2.11. The van der Waals surface area contributed by atoms with Crippen molar-refractivity contribution in [3.8, 4) is 0 Å². The number of amides is 1. The van der Waals surface area contributed by atoms with Crippen molar-refractivity contribution in [1.29, 1.82) is 0 Å². The van der Waals surface area contributed by atoms with Crippen molar-refractivity contribution in [1.82, 2.24) is 4.98 Å². The number of nitrogens with zero attached hydrogens (tertiary/aromatic N) is 2. The van der Waals surface area contributed by atoms with Crippen LogP contribution in [0.3, 0.4) is 0 Å². The summed E-state index contributed by atoms with van der Waals surface area (Å²) in [6, 6.07) is 0.00991. The average molecular weight is 267 g/mol. The van der Waals surface area contributed by atoms with Crippen LogP contribution in [0.15, 0.2) is 6.20 Å². The number of ether oxygens (including phenoxy) is 1. The van der Waals surface area contributed by atoms with Crippen molar-refractivity contribution < 1.29 is 9.53 Å². The lowest BCUT2D eigenvalue weighted by Crippen LogP contribution is -2.41. The number of hydrogen-bond acceptors (Lipinski definition) is 4. The van der Waals surface area contributed by atoms with Gasteiger partial charge in [0, 0.05) is 12.2 Å². The van der Waals surface area contributed by atoms with Crippen molar-refractivity contribution in [2.45, 2.75) is 53.1 Å². The van der Waals surface area contributed by atoms with Crippen LogP contribution in [0.5, 0.6) is 0 Å². The number of carbonyl (C=O) groups excluding carboxylic acids is 1. The van der Waals surface area contributed by atoms with Gasteiger partial charge in [0.2, 0.25) is 0 Å². The summed E-state index contributed by atoms with van der Waals surface area (Å²) in [5, 5.41) is 0.673. The summed E-state index contributed by atoms with van der Waals surface area (Å²) in [7, 11) is 1.97. The second-order valence-corrected chi connectivity index (χ2v) is 6.32. The summed E-state index contributed by atoms with van der Waals surface area (Å²) in [6.07, 6.45) is 1.41. The monoisotopic (exact) mass is 267 g/mol. The molecular formula is C12H20BN2O2S. The van der Waals surface area contributed by atoms with Gasteiger partial charge in [-0.25, -0.2) is 9.78 Å². The van der Waals surface area contributed by atoms with Crippen LogP contribution in [0.1, 0.15) is 34.6 Å². The Balaban J connectivity index is 2.92. The first-order valence-electron chi connectivity index (χ1n) is 6.02. The minimum atomic E-state index is -0.499. The molecule has 0 fully saturated rings. The third kappa shape index (κ3) is 4.01. The van der Waals surface area contributed by atoms with E-state index in [0.29, 0.717) is 5.13 Å². The summed E-state index contributed by atoms with van der Waals surface area (Å²) in [5.74, 6) is 0. The molecule has 0 N–H and O–H groups in total. The van der Waals surface area contributed by atoms with Gasteiger partial charge in [0.15, 0.2) is 12.4 Å². The standard InChI is InChI=1S/C12H20BN2O2S/c1-8(2)15(11(16)17-12(3,4)5)10-14-7-9(13-6)18-10/h7-8H,1-6H3. The van der Waals surface area contributed by atoms with Crippen LogP contribution < -0.4 is 9.68 Å². The molecule has 0 saturated carbocycles. The van der Waals surface area contributed by atoms with Gasteiger partial charge in [-0.2, -0.15) is 0 Å². The normalized spacial score (nSPS) is 11.5. The summed E-state index contributed by atoms with van der Waals surface area (Å²) < 4.78 is 6.44. The summed E-state index contributed by atoms with van der Waals surface area (Å²) in [5.41, 5.74) is -0.499. The molecule has 0 bridgehead atoms. The number of anilines is 1. The highest BCUT2D eigenvalue weighted by Crippen LogP contribution is 2.21. The lowest BCUT2D eigenvalue weighted by molar-refractivity contribution is 0.0570. The van der Waals surface area contributed by atoms with E-state index in [1.165, 1.54) is 11.3 Å². The van der Waals surface area contributed by atoms with E-state index in [9.17, 15) is 4.79 Å². The Morgan fingerprint density at radius 2 is 2.11 bits per heavy atom. The topological polar surface area (TPSA) is 42.4 Å². The highest BCUT2D eigenvalue weighted by molar-refractivity contribution is 7.24. The van der Waals surface area contributed by atoms with Crippen LogP contribution >= 0.6 is 11.3 Å². The van der Waals surface area contributed by atoms with Crippen molar-refractivity contribution in [3.63, 3.8) is 0 Å². The van der Waals surface area contributed by atoms with E-state index in [-0.39, 0.29) is 12.1 Å². The van der Waals surface area contributed by atoms with Gasteiger partial charge in [0.1, 0.15) is 5.60 Å². The molecule has 99 valence electrons. The zero-order valence-electron chi connectivity index (χ0n) is 11.9. The van der Waals surface area contributed by atoms with Gasteiger partial charge in [-0.15, -0.1) is 11.3 Å². The van der Waals surface area contributed by atoms with Gasteiger partial charge in [0.05, 0.1) is 0 Å². The van der Waals surface area contributed by atoms with Crippen LogP contribution in [-0.2, 0) is 4.74 Å². The SMILES string of the molecule is C[B]c1cnc(N(C(=O)OC(C)(C)C)C(C)C)s1. The second-order valence-electron chi connectivity index (χ2n) is 5.28. The molecule has 0 atom stereocenters. The van der Waals surface area contributed by atoms with Crippen molar-refractivity contribution in [3.05, 3.63) is 6.20 Å². The molecule has 0 unspecified atom stereocenters. The van der Waals surface area contributed by atoms with Crippen LogP contribution in [0, 0.1) is 0 Å². The molecule has 4 nitrogen and oxygen atoms in total. The maximum atomic E-state index is 12.2. The Hall–Kier alpha value is -1.04. The van der Waals surface area contributed by atoms with Gasteiger partial charge in [0.25, 0.3) is 0 Å². The lowest BCUT2D eigenvalue weighted by Gasteiger charge is -2.28. The maximum absolute atomic E-state index is 12.2. The average Bonchev–Trinajstić information content (AvgIpc) is 2.62. The van der Waals surface area contributed by atoms with E-state index < -0.39 is 5.60 Å².